The molecule has 0 saturated heterocycles. The lowest BCUT2D eigenvalue weighted by Gasteiger charge is -2.13. The molecule has 1 aromatic heterocycles. The number of H-pyrrole nitrogens is 1. The van der Waals surface area contributed by atoms with Crippen LogP contribution in [0.25, 0.3) is 0 Å². The lowest BCUT2D eigenvalue weighted by molar-refractivity contribution is 0.552. The third-order valence-electron chi connectivity index (χ3n) is 1.21. The summed E-state index contributed by atoms with van der Waals surface area (Å²) in [6.07, 6.45) is 3.63. The molecule has 0 saturated carbocycles. The number of nitrogens with zero attached hydrogens (tertiary/aromatic N) is 1. The summed E-state index contributed by atoms with van der Waals surface area (Å²) in [5.41, 5.74) is 0.156. The van der Waals surface area contributed by atoms with Crippen LogP contribution in [0.2, 0.25) is 0 Å². The minimum atomic E-state index is 0. The first kappa shape index (κ1) is 6.33. The highest BCUT2D eigenvalue weighted by atomic mass is 14.9. The summed E-state index contributed by atoms with van der Waals surface area (Å²) in [5.74, 6) is 1.04. The summed E-state index contributed by atoms with van der Waals surface area (Å²) in [6, 6.07) is 0. The van der Waals surface area contributed by atoms with Gasteiger partial charge in [0.2, 0.25) is 0 Å². The summed E-state index contributed by atoms with van der Waals surface area (Å²) in [6.45, 7) is 6.39. The molecule has 0 bridgehead atoms. The van der Waals surface area contributed by atoms with Gasteiger partial charge in [-0.05, 0) is 0 Å². The number of nitrogens with one attached hydrogen (secondary N) is 1. The molecule has 0 aliphatic carbocycles. The van der Waals surface area contributed by atoms with E-state index in [-0.39, 0.29) is 6.84 Å². The van der Waals surface area contributed by atoms with Crippen molar-refractivity contribution in [2.75, 3.05) is 0 Å². The van der Waals surface area contributed by atoms with Gasteiger partial charge in [-0.3, -0.25) is 0 Å². The molecule has 2 heteroatoms. The SMILES string of the molecule is CC(C)(C)c1ncc[nH]1.[HH]. The van der Waals surface area contributed by atoms with Gasteiger partial charge < -0.3 is 4.98 Å². The molecule has 0 atom stereocenters. The Morgan fingerprint density at radius 1 is 1.56 bits per heavy atom. The average molecular weight is 126 g/mol. The van der Waals surface area contributed by atoms with E-state index in [9.17, 15) is 0 Å². The Hall–Kier alpha value is -0.790. The highest BCUT2D eigenvalue weighted by Gasteiger charge is 2.14. The maximum absolute atomic E-state index is 4.13. The third-order valence-corrected chi connectivity index (χ3v) is 1.21. The van der Waals surface area contributed by atoms with Crippen LogP contribution in [0.1, 0.15) is 28.0 Å². The number of hydrogen-bond donors (Lipinski definition) is 1. The highest BCUT2D eigenvalue weighted by molar-refractivity contribution is 5.00. The van der Waals surface area contributed by atoms with Crippen LogP contribution in [0, 0.1) is 0 Å². The molecule has 0 aliphatic heterocycles. The minimum Gasteiger partial charge on any atom is -0.348 e. The van der Waals surface area contributed by atoms with Crippen LogP contribution in [-0.2, 0) is 5.41 Å². The second-order valence-electron chi connectivity index (χ2n) is 3.19. The van der Waals surface area contributed by atoms with Gasteiger partial charge >= 0.3 is 0 Å². The van der Waals surface area contributed by atoms with Crippen molar-refractivity contribution in [1.82, 2.24) is 9.97 Å². The van der Waals surface area contributed by atoms with Crippen molar-refractivity contribution in [3.05, 3.63) is 18.2 Å². The second kappa shape index (κ2) is 1.87. The lowest BCUT2D eigenvalue weighted by atomic mass is 9.96. The zero-order chi connectivity index (χ0) is 6.91. The van der Waals surface area contributed by atoms with Crippen LogP contribution >= 0.6 is 0 Å². The van der Waals surface area contributed by atoms with E-state index in [2.05, 4.69) is 30.7 Å². The molecule has 1 N–H and O–H groups in total. The molecule has 9 heavy (non-hydrogen) atoms. The van der Waals surface area contributed by atoms with Crippen molar-refractivity contribution in [3.8, 4) is 0 Å². The minimum absolute atomic E-state index is 0. The Balaban J connectivity index is 0.000000810. The normalized spacial score (nSPS) is 11.9. The van der Waals surface area contributed by atoms with E-state index in [0.29, 0.717) is 0 Å². The maximum atomic E-state index is 4.13. The second-order valence-corrected chi connectivity index (χ2v) is 3.19. The zero-order valence-corrected chi connectivity index (χ0v) is 6.10. The Morgan fingerprint density at radius 2 is 2.22 bits per heavy atom. The Morgan fingerprint density at radius 3 is 2.44 bits per heavy atom. The summed E-state index contributed by atoms with van der Waals surface area (Å²) in [4.78, 5) is 7.20. The Bertz CT molecular complexity index is 174. The molecule has 1 heterocycles. The van der Waals surface area contributed by atoms with E-state index >= 15 is 0 Å². The molecule has 1 aromatic rings. The van der Waals surface area contributed by atoms with Gasteiger partial charge in [0.05, 0.1) is 0 Å². The van der Waals surface area contributed by atoms with Gasteiger partial charge in [0.15, 0.2) is 0 Å². The van der Waals surface area contributed by atoms with Crippen LogP contribution in [0.3, 0.4) is 0 Å². The number of aromatic nitrogens is 2. The van der Waals surface area contributed by atoms with Crippen molar-refractivity contribution >= 4 is 0 Å². The number of rotatable bonds is 0. The van der Waals surface area contributed by atoms with Crippen LogP contribution in [-0.4, -0.2) is 9.97 Å². The monoisotopic (exact) mass is 126 g/mol. The highest BCUT2D eigenvalue weighted by Crippen LogP contribution is 2.16. The van der Waals surface area contributed by atoms with Crippen molar-refractivity contribution in [3.63, 3.8) is 0 Å². The standard InChI is InChI=1S/C7H12N2.H2/c1-7(2,3)6-8-4-5-9-6;/h4-5H,1-3H3,(H,8,9);1H. The van der Waals surface area contributed by atoms with Gasteiger partial charge in [-0.1, -0.05) is 20.8 Å². The van der Waals surface area contributed by atoms with Crippen LogP contribution < -0.4 is 0 Å². The molecule has 0 spiro atoms. The fourth-order valence-electron chi connectivity index (χ4n) is 0.675. The average Bonchev–Trinajstić information content (AvgIpc) is 2.08. The van der Waals surface area contributed by atoms with E-state index in [4.69, 9.17) is 0 Å². The summed E-state index contributed by atoms with van der Waals surface area (Å²) >= 11 is 0. The molecule has 1 rings (SSSR count). The van der Waals surface area contributed by atoms with Crippen molar-refractivity contribution in [2.45, 2.75) is 26.2 Å². The molecule has 0 unspecified atom stereocenters. The third kappa shape index (κ3) is 1.31. The van der Waals surface area contributed by atoms with Crippen LogP contribution in [0.15, 0.2) is 12.4 Å². The summed E-state index contributed by atoms with van der Waals surface area (Å²) in [7, 11) is 0. The molecular formula is C7H14N2. The first-order chi connectivity index (χ1) is 4.11. The number of imidazole rings is 1. The smallest absolute Gasteiger partial charge is 0.111 e. The summed E-state index contributed by atoms with van der Waals surface area (Å²) in [5, 5.41) is 0. The van der Waals surface area contributed by atoms with Crippen LogP contribution in [0.5, 0.6) is 0 Å². The molecule has 0 aliphatic rings. The molecule has 0 fully saturated rings. The van der Waals surface area contributed by atoms with E-state index in [1.54, 1.807) is 6.20 Å². The molecule has 52 valence electrons. The zero-order valence-electron chi connectivity index (χ0n) is 6.10. The summed E-state index contributed by atoms with van der Waals surface area (Å²) < 4.78 is 0. The molecule has 0 radical (unpaired) electrons. The lowest BCUT2D eigenvalue weighted by Crippen LogP contribution is -2.12. The van der Waals surface area contributed by atoms with Gasteiger partial charge in [0.25, 0.3) is 0 Å². The van der Waals surface area contributed by atoms with Gasteiger partial charge in [-0.15, -0.1) is 0 Å². The van der Waals surface area contributed by atoms with Crippen molar-refractivity contribution in [1.29, 1.82) is 0 Å². The number of hydrogen-bond acceptors (Lipinski definition) is 1. The fraction of sp³-hybridized carbons (Fsp3) is 0.571. The van der Waals surface area contributed by atoms with Crippen molar-refractivity contribution in [2.24, 2.45) is 0 Å². The Kier molecular flexibility index (Phi) is 1.31. The molecule has 0 amide bonds. The predicted molar refractivity (Wildman–Crippen MR) is 39.4 cm³/mol. The van der Waals surface area contributed by atoms with Gasteiger partial charge in [-0.25, -0.2) is 4.98 Å². The van der Waals surface area contributed by atoms with E-state index < -0.39 is 0 Å². The van der Waals surface area contributed by atoms with E-state index in [1.165, 1.54) is 0 Å². The molecular weight excluding hydrogens is 112 g/mol. The number of aromatic amines is 1. The first-order valence-corrected chi connectivity index (χ1v) is 3.10. The van der Waals surface area contributed by atoms with Crippen LogP contribution in [0.4, 0.5) is 0 Å². The maximum Gasteiger partial charge on any atom is 0.111 e. The fourth-order valence-corrected chi connectivity index (χ4v) is 0.675. The molecule has 0 aromatic carbocycles. The van der Waals surface area contributed by atoms with Crippen molar-refractivity contribution < 1.29 is 1.43 Å². The van der Waals surface area contributed by atoms with Gasteiger partial charge in [0, 0.05) is 19.2 Å². The molecule has 2 nitrogen and oxygen atoms in total. The predicted octanol–water partition coefficient (Wildman–Crippen LogP) is 1.95. The largest absolute Gasteiger partial charge is 0.348 e. The van der Waals surface area contributed by atoms with Gasteiger partial charge in [0.1, 0.15) is 5.82 Å². The Labute approximate surface area is 56.8 Å². The topological polar surface area (TPSA) is 28.7 Å². The van der Waals surface area contributed by atoms with Gasteiger partial charge in [-0.2, -0.15) is 0 Å². The quantitative estimate of drug-likeness (QED) is 0.565. The van der Waals surface area contributed by atoms with E-state index in [0.717, 1.165) is 5.82 Å². The first-order valence-electron chi connectivity index (χ1n) is 3.10. The van der Waals surface area contributed by atoms with E-state index in [1.807, 2.05) is 6.20 Å².